The minimum Gasteiger partial charge on any atom is -0.496 e. The Balaban J connectivity index is 2.70. The van der Waals surface area contributed by atoms with Crippen LogP contribution in [0.3, 0.4) is 0 Å². The zero-order valence-electron chi connectivity index (χ0n) is 11.9. The number of rotatable bonds is 4. The summed E-state index contributed by atoms with van der Waals surface area (Å²) in [6, 6.07) is 7.76. The van der Waals surface area contributed by atoms with Crippen molar-refractivity contribution in [1.29, 1.82) is 0 Å². The van der Waals surface area contributed by atoms with Crippen LogP contribution in [0.25, 0.3) is 10.9 Å². The summed E-state index contributed by atoms with van der Waals surface area (Å²) in [5, 5.41) is 0.943. The third kappa shape index (κ3) is 2.36. The fourth-order valence-corrected chi connectivity index (χ4v) is 1.99. The number of benzene rings is 1. The lowest BCUT2D eigenvalue weighted by Crippen LogP contribution is -2.29. The predicted molar refractivity (Wildman–Crippen MR) is 76.9 cm³/mol. The highest BCUT2D eigenvalue weighted by Gasteiger charge is 2.21. The summed E-state index contributed by atoms with van der Waals surface area (Å²) < 4.78 is 10.7. The number of hydrogen-bond donors (Lipinski definition) is 1. The topological polar surface area (TPSA) is 57.4 Å². The van der Waals surface area contributed by atoms with E-state index < -0.39 is 0 Å². The normalized spacial score (nSPS) is 11.6. The van der Waals surface area contributed by atoms with Crippen LogP contribution in [0.2, 0.25) is 0 Å². The van der Waals surface area contributed by atoms with Crippen molar-refractivity contribution in [2.24, 2.45) is 5.73 Å². The van der Waals surface area contributed by atoms with Gasteiger partial charge >= 0.3 is 0 Å². The van der Waals surface area contributed by atoms with Gasteiger partial charge in [-0.3, -0.25) is 0 Å². The van der Waals surface area contributed by atoms with Crippen molar-refractivity contribution in [3.05, 3.63) is 30.0 Å². The molecule has 2 rings (SSSR count). The largest absolute Gasteiger partial charge is 0.496 e. The van der Waals surface area contributed by atoms with Gasteiger partial charge in [-0.05, 0) is 24.3 Å². The number of fused-ring (bicyclic) bond motifs is 1. The molecule has 102 valence electrons. The van der Waals surface area contributed by atoms with E-state index >= 15 is 0 Å². The Morgan fingerprint density at radius 1 is 1.05 bits per heavy atom. The van der Waals surface area contributed by atoms with Gasteiger partial charge < -0.3 is 15.2 Å². The fourth-order valence-electron chi connectivity index (χ4n) is 1.99. The smallest absolute Gasteiger partial charge is 0.145 e. The molecule has 0 saturated heterocycles. The van der Waals surface area contributed by atoms with Crippen LogP contribution in [0.15, 0.2) is 24.3 Å². The summed E-state index contributed by atoms with van der Waals surface area (Å²) in [4.78, 5) is 4.71. The van der Waals surface area contributed by atoms with Crippen LogP contribution in [-0.4, -0.2) is 25.7 Å². The van der Waals surface area contributed by atoms with Crippen LogP contribution in [0.1, 0.15) is 19.5 Å². The number of methoxy groups -OCH3 is 2. The Labute approximate surface area is 113 Å². The zero-order valence-corrected chi connectivity index (χ0v) is 11.9. The van der Waals surface area contributed by atoms with E-state index in [1.165, 1.54) is 0 Å². The fraction of sp³-hybridized carbons (Fsp3) is 0.400. The van der Waals surface area contributed by atoms with Crippen molar-refractivity contribution >= 4 is 10.9 Å². The molecule has 0 aliphatic carbocycles. The molecule has 0 bridgehead atoms. The number of hydrogen-bond acceptors (Lipinski definition) is 4. The molecule has 0 radical (unpaired) electrons. The average molecular weight is 260 g/mol. The number of aromatic nitrogens is 1. The first-order valence-electron chi connectivity index (χ1n) is 6.26. The van der Waals surface area contributed by atoms with Gasteiger partial charge in [-0.15, -0.1) is 0 Å². The molecular weight excluding hydrogens is 240 g/mol. The lowest BCUT2D eigenvalue weighted by atomic mass is 9.88. The van der Waals surface area contributed by atoms with Gasteiger partial charge in [-0.1, -0.05) is 13.8 Å². The molecule has 1 heterocycles. The zero-order chi connectivity index (χ0) is 14.0. The Hall–Kier alpha value is -1.81. The summed E-state index contributed by atoms with van der Waals surface area (Å²) in [5.74, 6) is 1.53. The van der Waals surface area contributed by atoms with E-state index in [1.54, 1.807) is 14.2 Å². The van der Waals surface area contributed by atoms with E-state index in [9.17, 15) is 0 Å². The van der Waals surface area contributed by atoms with Crippen LogP contribution in [0.5, 0.6) is 11.5 Å². The average Bonchev–Trinajstić information content (AvgIpc) is 2.45. The summed E-state index contributed by atoms with van der Waals surface area (Å²) in [6.45, 7) is 4.69. The van der Waals surface area contributed by atoms with E-state index in [0.717, 1.165) is 28.1 Å². The molecule has 19 heavy (non-hydrogen) atoms. The minimum atomic E-state index is -0.164. The van der Waals surface area contributed by atoms with Gasteiger partial charge in [0, 0.05) is 23.0 Å². The Morgan fingerprint density at radius 2 is 1.68 bits per heavy atom. The van der Waals surface area contributed by atoms with Crippen LogP contribution in [-0.2, 0) is 5.41 Å². The van der Waals surface area contributed by atoms with Gasteiger partial charge in [0.15, 0.2) is 0 Å². The van der Waals surface area contributed by atoms with Gasteiger partial charge in [0.05, 0.1) is 14.2 Å². The SMILES string of the molecule is COc1ccc(OC)c2nc(C(C)(C)CN)ccc12. The van der Waals surface area contributed by atoms with Crippen molar-refractivity contribution in [1.82, 2.24) is 4.98 Å². The van der Waals surface area contributed by atoms with Gasteiger partial charge in [0.2, 0.25) is 0 Å². The second-order valence-corrected chi connectivity index (χ2v) is 5.15. The minimum absolute atomic E-state index is 0.164. The summed E-state index contributed by atoms with van der Waals surface area (Å²) in [5.41, 5.74) is 7.41. The third-order valence-electron chi connectivity index (χ3n) is 3.42. The van der Waals surface area contributed by atoms with Crippen molar-refractivity contribution in [3.8, 4) is 11.5 Å². The molecule has 0 saturated carbocycles. The monoisotopic (exact) mass is 260 g/mol. The molecule has 2 aromatic rings. The lowest BCUT2D eigenvalue weighted by molar-refractivity contribution is 0.409. The second kappa shape index (κ2) is 5.05. The number of nitrogens with two attached hydrogens (primary N) is 1. The van der Waals surface area contributed by atoms with E-state index in [1.807, 2.05) is 24.3 Å². The molecule has 0 unspecified atom stereocenters. The number of pyridine rings is 1. The van der Waals surface area contributed by atoms with Gasteiger partial charge in [-0.2, -0.15) is 0 Å². The molecule has 0 aliphatic rings. The quantitative estimate of drug-likeness (QED) is 0.917. The maximum absolute atomic E-state index is 5.81. The highest BCUT2D eigenvalue weighted by molar-refractivity contribution is 5.90. The first-order chi connectivity index (χ1) is 9.03. The summed E-state index contributed by atoms with van der Waals surface area (Å²) in [7, 11) is 3.29. The molecule has 1 aromatic carbocycles. The number of nitrogens with zero attached hydrogens (tertiary/aromatic N) is 1. The first-order valence-corrected chi connectivity index (χ1v) is 6.26. The van der Waals surface area contributed by atoms with E-state index in [0.29, 0.717) is 6.54 Å². The van der Waals surface area contributed by atoms with Crippen molar-refractivity contribution in [2.75, 3.05) is 20.8 Å². The molecule has 4 nitrogen and oxygen atoms in total. The Morgan fingerprint density at radius 3 is 2.26 bits per heavy atom. The lowest BCUT2D eigenvalue weighted by Gasteiger charge is -2.22. The Bertz CT molecular complexity index is 594. The molecule has 0 fully saturated rings. The highest BCUT2D eigenvalue weighted by atomic mass is 16.5. The van der Waals surface area contributed by atoms with Crippen molar-refractivity contribution in [3.63, 3.8) is 0 Å². The maximum atomic E-state index is 5.81. The predicted octanol–water partition coefficient (Wildman–Crippen LogP) is 2.49. The highest BCUT2D eigenvalue weighted by Crippen LogP contribution is 2.33. The van der Waals surface area contributed by atoms with E-state index in [2.05, 4.69) is 13.8 Å². The molecule has 2 N–H and O–H groups in total. The molecule has 4 heteroatoms. The standard InChI is InChI=1S/C15H20N2O2/c1-15(2,9-16)13-8-5-10-11(18-3)6-7-12(19-4)14(10)17-13/h5-8H,9,16H2,1-4H3. The van der Waals surface area contributed by atoms with E-state index in [-0.39, 0.29) is 5.41 Å². The molecule has 0 amide bonds. The molecular formula is C15H20N2O2. The van der Waals surface area contributed by atoms with E-state index in [4.69, 9.17) is 20.2 Å². The molecule has 0 atom stereocenters. The number of ether oxygens (including phenoxy) is 2. The van der Waals surface area contributed by atoms with Crippen LogP contribution < -0.4 is 15.2 Å². The Kier molecular flexibility index (Phi) is 3.62. The van der Waals surface area contributed by atoms with Crippen LogP contribution in [0, 0.1) is 0 Å². The first kappa shape index (κ1) is 13.6. The summed E-state index contributed by atoms with van der Waals surface area (Å²) >= 11 is 0. The maximum Gasteiger partial charge on any atom is 0.145 e. The molecule has 1 aromatic heterocycles. The van der Waals surface area contributed by atoms with Gasteiger partial charge in [0.1, 0.15) is 17.0 Å². The van der Waals surface area contributed by atoms with Crippen LogP contribution in [0.4, 0.5) is 0 Å². The molecule has 0 aliphatic heterocycles. The van der Waals surface area contributed by atoms with Crippen molar-refractivity contribution < 1.29 is 9.47 Å². The van der Waals surface area contributed by atoms with Crippen molar-refractivity contribution in [2.45, 2.75) is 19.3 Å². The van der Waals surface area contributed by atoms with Gasteiger partial charge in [0.25, 0.3) is 0 Å². The second-order valence-electron chi connectivity index (χ2n) is 5.15. The van der Waals surface area contributed by atoms with Crippen LogP contribution >= 0.6 is 0 Å². The van der Waals surface area contributed by atoms with Gasteiger partial charge in [-0.25, -0.2) is 4.98 Å². The summed E-state index contributed by atoms with van der Waals surface area (Å²) in [6.07, 6.45) is 0. The molecule has 0 spiro atoms. The third-order valence-corrected chi connectivity index (χ3v) is 3.42.